The van der Waals surface area contributed by atoms with E-state index in [2.05, 4.69) is 0 Å². The number of carbonyl (C=O) groups excluding carboxylic acids is 2. The van der Waals surface area contributed by atoms with Crippen LogP contribution < -0.4 is 4.74 Å². The summed E-state index contributed by atoms with van der Waals surface area (Å²) in [5.41, 5.74) is -0.708. The Labute approximate surface area is 175 Å². The van der Waals surface area contributed by atoms with Crippen LogP contribution in [0, 0.1) is 0 Å². The normalized spacial score (nSPS) is 23.2. The number of ketones is 1. The largest absolute Gasteiger partial charge is 0.508 e. The number of phenolic OH excluding ortho intramolecular Hbond substituents is 4. The summed E-state index contributed by atoms with van der Waals surface area (Å²) < 4.78 is 15.4. The van der Waals surface area contributed by atoms with Crippen LogP contribution in [0.1, 0.15) is 22.8 Å². The lowest BCUT2D eigenvalue weighted by atomic mass is 10.0. The molecule has 11 heteroatoms. The van der Waals surface area contributed by atoms with Crippen molar-refractivity contribution in [2.75, 3.05) is 6.61 Å². The summed E-state index contributed by atoms with van der Waals surface area (Å²) >= 11 is 0. The fourth-order valence-electron chi connectivity index (χ4n) is 3.08. The highest BCUT2D eigenvalue weighted by Gasteiger charge is 2.41. The van der Waals surface area contributed by atoms with Crippen molar-refractivity contribution in [1.82, 2.24) is 0 Å². The van der Waals surface area contributed by atoms with E-state index < -0.39 is 64.9 Å². The monoisotopic (exact) mass is 436 g/mol. The standard InChI is InChI=1S/C20H20O11/c1-8(21)30-15-7-29-20(19(28)18(15)27)31-12-5-13(24)16(14(25)6-12)17(26)9-2-10(22)4-11(23)3-9/h2-6,15,18-20,22-25,27-28H,7H2,1H3/t15-,18+,19-,20+/m1/s1. The van der Waals surface area contributed by atoms with E-state index in [9.17, 15) is 40.2 Å². The highest BCUT2D eigenvalue weighted by atomic mass is 16.7. The lowest BCUT2D eigenvalue weighted by molar-refractivity contribution is -0.247. The molecule has 1 saturated heterocycles. The maximum Gasteiger partial charge on any atom is 0.303 e. The number of rotatable bonds is 5. The van der Waals surface area contributed by atoms with Crippen molar-refractivity contribution in [3.8, 4) is 28.7 Å². The first-order valence-electron chi connectivity index (χ1n) is 9.02. The number of hydrogen-bond acceptors (Lipinski definition) is 11. The van der Waals surface area contributed by atoms with Gasteiger partial charge >= 0.3 is 5.97 Å². The zero-order chi connectivity index (χ0) is 22.9. The van der Waals surface area contributed by atoms with Crippen LogP contribution in [0.2, 0.25) is 0 Å². The van der Waals surface area contributed by atoms with Crippen molar-refractivity contribution in [3.05, 3.63) is 41.5 Å². The molecule has 0 unspecified atom stereocenters. The minimum Gasteiger partial charge on any atom is -0.508 e. The van der Waals surface area contributed by atoms with E-state index in [1.54, 1.807) is 0 Å². The lowest BCUT2D eigenvalue weighted by Gasteiger charge is -2.36. The Morgan fingerprint density at radius 3 is 2.06 bits per heavy atom. The smallest absolute Gasteiger partial charge is 0.303 e. The third-order valence-electron chi connectivity index (χ3n) is 4.47. The van der Waals surface area contributed by atoms with Gasteiger partial charge in [-0.05, 0) is 12.1 Å². The van der Waals surface area contributed by atoms with Gasteiger partial charge in [-0.3, -0.25) is 9.59 Å². The van der Waals surface area contributed by atoms with Gasteiger partial charge in [-0.1, -0.05) is 0 Å². The third kappa shape index (κ3) is 4.79. The highest BCUT2D eigenvalue weighted by Crippen LogP contribution is 2.36. The number of aliphatic hydroxyl groups excluding tert-OH is 2. The molecule has 0 saturated carbocycles. The minimum atomic E-state index is -1.63. The van der Waals surface area contributed by atoms with E-state index in [0.717, 1.165) is 37.3 Å². The second-order valence-electron chi connectivity index (χ2n) is 6.85. The molecule has 0 amide bonds. The molecule has 4 atom stereocenters. The van der Waals surface area contributed by atoms with E-state index in [1.807, 2.05) is 0 Å². The molecular formula is C20H20O11. The van der Waals surface area contributed by atoms with E-state index >= 15 is 0 Å². The van der Waals surface area contributed by atoms with Crippen molar-refractivity contribution in [3.63, 3.8) is 0 Å². The number of hydrogen-bond donors (Lipinski definition) is 6. The molecule has 1 fully saturated rings. The summed E-state index contributed by atoms with van der Waals surface area (Å²) in [5, 5.41) is 59.7. The van der Waals surface area contributed by atoms with Gasteiger partial charge in [0.25, 0.3) is 0 Å². The molecule has 1 aliphatic heterocycles. The Morgan fingerprint density at radius 2 is 1.52 bits per heavy atom. The van der Waals surface area contributed by atoms with Gasteiger partial charge in [-0.15, -0.1) is 0 Å². The summed E-state index contributed by atoms with van der Waals surface area (Å²) in [7, 11) is 0. The second kappa shape index (κ2) is 8.68. The molecule has 3 rings (SSSR count). The van der Waals surface area contributed by atoms with Gasteiger partial charge in [0.2, 0.25) is 12.1 Å². The van der Waals surface area contributed by atoms with Gasteiger partial charge in [0.15, 0.2) is 6.10 Å². The molecule has 0 radical (unpaired) electrons. The molecule has 31 heavy (non-hydrogen) atoms. The zero-order valence-electron chi connectivity index (χ0n) is 16.1. The number of ether oxygens (including phenoxy) is 3. The van der Waals surface area contributed by atoms with Gasteiger partial charge < -0.3 is 44.8 Å². The molecule has 0 aliphatic carbocycles. The molecule has 2 aromatic carbocycles. The maximum absolute atomic E-state index is 12.6. The number of aliphatic hydroxyl groups is 2. The molecule has 0 bridgehead atoms. The highest BCUT2D eigenvalue weighted by molar-refractivity contribution is 6.12. The van der Waals surface area contributed by atoms with Crippen LogP contribution in [0.5, 0.6) is 28.7 Å². The van der Waals surface area contributed by atoms with Crippen LogP contribution in [0.25, 0.3) is 0 Å². The fraction of sp³-hybridized carbons (Fsp3) is 0.300. The van der Waals surface area contributed by atoms with Crippen LogP contribution >= 0.6 is 0 Å². The Bertz CT molecular complexity index is 959. The summed E-state index contributed by atoms with van der Waals surface area (Å²) in [5.74, 6) is -3.92. The SMILES string of the molecule is CC(=O)O[C@@H]1CO[C@@H](Oc2cc(O)c(C(=O)c3cc(O)cc(O)c3)c(O)c2)[C@H](O)[C@H]1O. The Hall–Kier alpha value is -3.54. The van der Waals surface area contributed by atoms with Crippen molar-refractivity contribution in [2.45, 2.75) is 31.5 Å². The van der Waals surface area contributed by atoms with Crippen molar-refractivity contribution in [1.29, 1.82) is 0 Å². The molecule has 166 valence electrons. The quantitative estimate of drug-likeness (QED) is 0.277. The number of esters is 1. The molecule has 2 aromatic rings. The van der Waals surface area contributed by atoms with Crippen LogP contribution in [0.4, 0.5) is 0 Å². The van der Waals surface area contributed by atoms with E-state index in [-0.39, 0.29) is 17.9 Å². The average Bonchev–Trinajstić information content (AvgIpc) is 2.66. The topological polar surface area (TPSA) is 183 Å². The first-order valence-corrected chi connectivity index (χ1v) is 9.02. The maximum atomic E-state index is 12.6. The number of carbonyl (C=O) groups is 2. The average molecular weight is 436 g/mol. The van der Waals surface area contributed by atoms with Gasteiger partial charge in [0, 0.05) is 30.7 Å². The Balaban J connectivity index is 1.79. The van der Waals surface area contributed by atoms with Gasteiger partial charge in [-0.2, -0.15) is 0 Å². The fourth-order valence-corrected chi connectivity index (χ4v) is 3.08. The van der Waals surface area contributed by atoms with Crippen molar-refractivity contribution in [2.24, 2.45) is 0 Å². The Kier molecular flexibility index (Phi) is 6.20. The molecular weight excluding hydrogens is 416 g/mol. The van der Waals surface area contributed by atoms with E-state index in [4.69, 9.17) is 14.2 Å². The summed E-state index contributed by atoms with van der Waals surface area (Å²) in [4.78, 5) is 23.6. The molecule has 0 aromatic heterocycles. The van der Waals surface area contributed by atoms with E-state index in [0.29, 0.717) is 0 Å². The van der Waals surface area contributed by atoms with Gasteiger partial charge in [0.1, 0.15) is 46.5 Å². The van der Waals surface area contributed by atoms with Crippen molar-refractivity contribution >= 4 is 11.8 Å². The second-order valence-corrected chi connectivity index (χ2v) is 6.85. The summed E-state index contributed by atoms with van der Waals surface area (Å²) in [6, 6.07) is 5.02. The lowest BCUT2D eigenvalue weighted by Crippen LogP contribution is -2.56. The number of aromatic hydroxyl groups is 4. The number of benzene rings is 2. The molecule has 11 nitrogen and oxygen atoms in total. The van der Waals surface area contributed by atoms with Gasteiger partial charge in [-0.25, -0.2) is 0 Å². The minimum absolute atomic E-state index is 0.192. The van der Waals surface area contributed by atoms with Crippen molar-refractivity contribution < 1.29 is 54.4 Å². The van der Waals surface area contributed by atoms with Crippen LogP contribution in [-0.2, 0) is 14.3 Å². The molecule has 1 heterocycles. The van der Waals surface area contributed by atoms with Crippen LogP contribution in [0.3, 0.4) is 0 Å². The summed E-state index contributed by atoms with van der Waals surface area (Å²) in [6.07, 6.45) is -5.67. The van der Waals surface area contributed by atoms with Crippen LogP contribution in [-0.4, -0.2) is 73.6 Å². The molecule has 6 N–H and O–H groups in total. The number of phenols is 4. The predicted molar refractivity (Wildman–Crippen MR) is 101 cm³/mol. The van der Waals surface area contributed by atoms with E-state index in [1.165, 1.54) is 0 Å². The van der Waals surface area contributed by atoms with Gasteiger partial charge in [0.05, 0.1) is 6.61 Å². The zero-order valence-corrected chi connectivity index (χ0v) is 16.1. The third-order valence-corrected chi connectivity index (χ3v) is 4.47. The van der Waals surface area contributed by atoms with Crippen LogP contribution in [0.15, 0.2) is 30.3 Å². The molecule has 1 aliphatic rings. The first-order chi connectivity index (χ1) is 14.6. The summed E-state index contributed by atoms with van der Waals surface area (Å²) in [6.45, 7) is 0.853. The first kappa shape index (κ1) is 22.2. The Morgan fingerprint density at radius 1 is 0.935 bits per heavy atom. The molecule has 0 spiro atoms. The predicted octanol–water partition coefficient (Wildman–Crippen LogP) is 0.129.